The number of hydrogen-bond donors (Lipinski definition) is 3. The highest BCUT2D eigenvalue weighted by molar-refractivity contribution is 7.46. The number of aryl methyl sites for hydroxylation is 1. The highest BCUT2D eigenvalue weighted by Gasteiger charge is 2.49. The van der Waals surface area contributed by atoms with Crippen LogP contribution in [0.5, 0.6) is 11.6 Å². The average molecular weight is 910 g/mol. The molecule has 4 aromatic rings. The SMILES string of the molecule is CC[C@]12CNc3nnc(-c4ccccc4OCOP(=O)(O)O)cc3N1C[C@H](Oc1ncc(CN3CCN(c4ccc5c(c4)C(=O)N([C@H]4CCC(=O)N(C(C)(C)C)C4=O)C5)CC3)cc1C)C2. The van der Waals surface area contributed by atoms with Gasteiger partial charge in [0.05, 0.1) is 23.5 Å². The number of nitrogens with zero attached hydrogens (tertiary/aromatic N) is 8. The zero-order valence-corrected chi connectivity index (χ0v) is 38.3. The van der Waals surface area contributed by atoms with Gasteiger partial charge in [-0.2, -0.15) is 0 Å². The summed E-state index contributed by atoms with van der Waals surface area (Å²) in [5.74, 6) is 0.988. The molecule has 5 aliphatic heterocycles. The number of carbonyl (C=O) groups is 3. The first-order valence-electron chi connectivity index (χ1n) is 22.2. The number of piperidine rings is 1. The summed E-state index contributed by atoms with van der Waals surface area (Å²) in [6.07, 6.45) is 3.99. The number of carbonyl (C=O) groups excluding carboxylic acids is 3. The molecule has 3 saturated heterocycles. The lowest BCUT2D eigenvalue weighted by molar-refractivity contribution is -0.158. The Labute approximate surface area is 378 Å². The Balaban J connectivity index is 0.808. The smallest absolute Gasteiger partial charge is 0.472 e. The summed E-state index contributed by atoms with van der Waals surface area (Å²) in [6.45, 7) is 14.8. The molecule has 19 heteroatoms. The molecule has 65 heavy (non-hydrogen) atoms. The summed E-state index contributed by atoms with van der Waals surface area (Å²) in [5, 5.41) is 12.5. The summed E-state index contributed by atoms with van der Waals surface area (Å²) in [5.41, 5.74) is 5.73. The largest absolute Gasteiger partial charge is 0.472 e. The van der Waals surface area contributed by atoms with Crippen molar-refractivity contribution in [2.75, 3.05) is 61.2 Å². The normalized spacial score (nSPS) is 22.5. The maximum Gasteiger partial charge on any atom is 0.472 e. The van der Waals surface area contributed by atoms with Crippen molar-refractivity contribution < 1.29 is 42.7 Å². The fraction of sp³-hybridized carbons (Fsp3) is 0.478. The van der Waals surface area contributed by atoms with Crippen LogP contribution in [0, 0.1) is 6.92 Å². The number of para-hydroxylation sites is 1. The Morgan fingerprint density at radius 3 is 2.51 bits per heavy atom. The Morgan fingerprint density at radius 2 is 1.77 bits per heavy atom. The second kappa shape index (κ2) is 17.3. The molecule has 9 rings (SSSR count). The zero-order chi connectivity index (χ0) is 45.8. The predicted octanol–water partition coefficient (Wildman–Crippen LogP) is 5.12. The van der Waals surface area contributed by atoms with Crippen LogP contribution in [0.15, 0.2) is 60.8 Å². The highest BCUT2D eigenvalue weighted by atomic mass is 31.2. The Morgan fingerprint density at radius 1 is 0.985 bits per heavy atom. The molecule has 2 aromatic carbocycles. The minimum atomic E-state index is -4.71. The number of fused-ring (bicyclic) bond motifs is 4. The molecule has 344 valence electrons. The highest BCUT2D eigenvalue weighted by Crippen LogP contribution is 2.46. The first-order valence-corrected chi connectivity index (χ1v) is 23.7. The van der Waals surface area contributed by atoms with Crippen molar-refractivity contribution in [2.24, 2.45) is 0 Å². The van der Waals surface area contributed by atoms with Gasteiger partial charge in [-0.25, -0.2) is 14.1 Å². The van der Waals surface area contributed by atoms with E-state index in [1.54, 1.807) is 17.0 Å². The summed E-state index contributed by atoms with van der Waals surface area (Å²) in [4.78, 5) is 73.0. The fourth-order valence-corrected chi connectivity index (χ4v) is 10.2. The summed E-state index contributed by atoms with van der Waals surface area (Å²) in [6, 6.07) is 16.6. The maximum atomic E-state index is 13.8. The van der Waals surface area contributed by atoms with Crippen LogP contribution in [0.25, 0.3) is 11.3 Å². The van der Waals surface area contributed by atoms with Crippen LogP contribution in [-0.4, -0.2) is 127 Å². The van der Waals surface area contributed by atoms with Crippen LogP contribution < -0.4 is 24.6 Å². The summed E-state index contributed by atoms with van der Waals surface area (Å²) < 4.78 is 28.0. The zero-order valence-electron chi connectivity index (χ0n) is 37.4. The minimum Gasteiger partial charge on any atom is -0.472 e. The number of anilines is 3. The van der Waals surface area contributed by atoms with Crippen molar-refractivity contribution in [2.45, 2.75) is 96.6 Å². The number of piperazine rings is 1. The Hall–Kier alpha value is -5.65. The first-order chi connectivity index (χ1) is 31.0. The van der Waals surface area contributed by atoms with Gasteiger partial charge in [0.1, 0.15) is 17.9 Å². The van der Waals surface area contributed by atoms with E-state index < -0.39 is 26.2 Å². The van der Waals surface area contributed by atoms with E-state index in [0.717, 1.165) is 73.6 Å². The van der Waals surface area contributed by atoms with E-state index in [1.165, 1.54) is 4.90 Å². The van der Waals surface area contributed by atoms with Gasteiger partial charge in [-0.3, -0.25) is 24.2 Å². The molecule has 0 bridgehead atoms. The number of hydrogen-bond acceptors (Lipinski definition) is 14. The van der Waals surface area contributed by atoms with E-state index in [4.69, 9.17) is 24.2 Å². The average Bonchev–Trinajstić information content (AvgIpc) is 3.81. The van der Waals surface area contributed by atoms with E-state index >= 15 is 0 Å². The third-order valence-corrected chi connectivity index (χ3v) is 13.8. The number of pyridine rings is 1. The van der Waals surface area contributed by atoms with Crippen LogP contribution in [0.2, 0.25) is 0 Å². The molecule has 18 nitrogen and oxygen atoms in total. The van der Waals surface area contributed by atoms with E-state index in [-0.39, 0.29) is 35.8 Å². The lowest BCUT2D eigenvalue weighted by atomic mass is 9.90. The number of aromatic nitrogens is 3. The van der Waals surface area contributed by atoms with Gasteiger partial charge < -0.3 is 39.3 Å². The van der Waals surface area contributed by atoms with E-state index in [1.807, 2.05) is 64.2 Å². The van der Waals surface area contributed by atoms with Crippen LogP contribution >= 0.6 is 7.82 Å². The fourth-order valence-electron chi connectivity index (χ4n) is 10.0. The molecule has 3 atom stereocenters. The van der Waals surface area contributed by atoms with Crippen molar-refractivity contribution >= 4 is 42.7 Å². The number of phosphoric ester groups is 1. The number of likely N-dealkylation sites (tertiary alicyclic amines) is 1. The molecule has 3 N–H and O–H groups in total. The standard InChI is InChI=1S/C46H56N9O9P/c1-6-46-22-33(26-54(46)38-21-36(49-50-41(38)48-27-46)34-9-7-8-10-39(34)62-28-63-65(59,60)61)64-42-29(2)19-30(23-47-42)24-51-15-17-52(18-16-51)32-12-11-31-25-53(43(57)35(31)20-32)37-13-14-40(56)55(44(37)58)45(3,4)5/h7-12,19-21,23,33,37H,6,13-18,22,24-28H2,1-5H3,(H,48,50)(H2,59,60,61)/t33-,37+,46+/m1/s1. The van der Waals surface area contributed by atoms with Gasteiger partial charge in [0.25, 0.3) is 11.8 Å². The minimum absolute atomic E-state index is 0.137. The van der Waals surface area contributed by atoms with Crippen LogP contribution in [0.4, 0.5) is 17.2 Å². The van der Waals surface area contributed by atoms with Gasteiger partial charge in [0, 0.05) is 92.8 Å². The van der Waals surface area contributed by atoms with Crippen LogP contribution in [0.3, 0.4) is 0 Å². The number of amides is 3. The molecule has 0 saturated carbocycles. The van der Waals surface area contributed by atoms with Crippen molar-refractivity contribution in [3.8, 4) is 22.9 Å². The van der Waals surface area contributed by atoms with Gasteiger partial charge in [0.15, 0.2) is 12.6 Å². The van der Waals surface area contributed by atoms with Crippen molar-refractivity contribution in [3.63, 3.8) is 0 Å². The topological polar surface area (TPSA) is 203 Å². The molecule has 7 heterocycles. The number of ether oxygens (including phenoxy) is 2. The van der Waals surface area contributed by atoms with Crippen LogP contribution in [0.1, 0.15) is 80.4 Å². The third-order valence-electron chi connectivity index (χ3n) is 13.3. The second-order valence-electron chi connectivity index (χ2n) is 18.6. The number of phosphoric acid groups is 1. The van der Waals surface area contributed by atoms with Gasteiger partial charge in [0.2, 0.25) is 11.8 Å². The lowest BCUT2D eigenvalue weighted by Crippen LogP contribution is -2.60. The van der Waals surface area contributed by atoms with E-state index in [9.17, 15) is 18.9 Å². The molecule has 3 amide bonds. The second-order valence-corrected chi connectivity index (χ2v) is 19.9. The first kappa shape index (κ1) is 44.5. The monoisotopic (exact) mass is 909 g/mol. The molecule has 5 aliphatic rings. The quantitative estimate of drug-likeness (QED) is 0.0960. The number of nitrogens with one attached hydrogen (secondary N) is 1. The van der Waals surface area contributed by atoms with Crippen molar-refractivity contribution in [1.82, 2.24) is 29.9 Å². The molecule has 2 aromatic heterocycles. The van der Waals surface area contributed by atoms with E-state index in [0.29, 0.717) is 60.3 Å². The molecular weight excluding hydrogens is 854 g/mol. The summed E-state index contributed by atoms with van der Waals surface area (Å²) in [7, 11) is -4.71. The summed E-state index contributed by atoms with van der Waals surface area (Å²) >= 11 is 0. The molecule has 3 fully saturated rings. The van der Waals surface area contributed by atoms with Crippen molar-refractivity contribution in [3.05, 3.63) is 83.0 Å². The molecule has 0 spiro atoms. The number of rotatable bonds is 12. The maximum absolute atomic E-state index is 13.8. The third kappa shape index (κ3) is 8.89. The predicted molar refractivity (Wildman–Crippen MR) is 241 cm³/mol. The molecular formula is C46H56N9O9P. The Kier molecular flexibility index (Phi) is 11.9. The van der Waals surface area contributed by atoms with Gasteiger partial charge in [-0.1, -0.05) is 25.1 Å². The molecule has 0 aliphatic carbocycles. The van der Waals surface area contributed by atoms with Gasteiger partial charge >= 0.3 is 7.82 Å². The van der Waals surface area contributed by atoms with Crippen molar-refractivity contribution in [1.29, 1.82) is 0 Å². The molecule has 0 unspecified atom stereocenters. The lowest BCUT2D eigenvalue weighted by Gasteiger charge is -2.43. The number of imide groups is 1. The van der Waals surface area contributed by atoms with Crippen LogP contribution in [-0.2, 0) is 31.8 Å². The Bertz CT molecular complexity index is 2560. The molecule has 0 radical (unpaired) electrons. The van der Waals surface area contributed by atoms with Gasteiger partial charge in [-0.05, 0) is 88.1 Å². The van der Waals surface area contributed by atoms with Gasteiger partial charge in [-0.15, -0.1) is 10.2 Å². The van der Waals surface area contributed by atoms with E-state index in [2.05, 4.69) is 53.8 Å². The number of benzene rings is 2.